The summed E-state index contributed by atoms with van der Waals surface area (Å²) < 4.78 is 5.38. The van der Waals surface area contributed by atoms with Crippen LogP contribution in [0.3, 0.4) is 0 Å². The van der Waals surface area contributed by atoms with E-state index >= 15 is 0 Å². The third kappa shape index (κ3) is 3.56. The average Bonchev–Trinajstić information content (AvgIpc) is 3.08. The van der Waals surface area contributed by atoms with Crippen LogP contribution in [0.2, 0.25) is 0 Å². The van der Waals surface area contributed by atoms with Crippen molar-refractivity contribution in [2.45, 2.75) is 38.3 Å². The van der Waals surface area contributed by atoms with E-state index in [-0.39, 0.29) is 12.5 Å². The average molecular weight is 267 g/mol. The van der Waals surface area contributed by atoms with Crippen molar-refractivity contribution in [3.8, 4) is 0 Å². The van der Waals surface area contributed by atoms with Crippen LogP contribution in [0.5, 0.6) is 0 Å². The van der Waals surface area contributed by atoms with Gasteiger partial charge in [-0.3, -0.25) is 15.1 Å². The SMILES string of the molecule is NNC(=O)c1coc(CN(CCO)C2CCCC2)c1. The molecule has 1 amide bonds. The number of hydrogen-bond donors (Lipinski definition) is 3. The largest absolute Gasteiger partial charge is 0.467 e. The molecule has 2 rings (SSSR count). The molecule has 6 heteroatoms. The van der Waals surface area contributed by atoms with Gasteiger partial charge in [-0.05, 0) is 18.9 Å². The molecule has 106 valence electrons. The Morgan fingerprint density at radius 2 is 2.26 bits per heavy atom. The van der Waals surface area contributed by atoms with Gasteiger partial charge >= 0.3 is 0 Å². The summed E-state index contributed by atoms with van der Waals surface area (Å²) in [6, 6.07) is 2.20. The van der Waals surface area contributed by atoms with Crippen LogP contribution >= 0.6 is 0 Å². The molecule has 0 unspecified atom stereocenters. The van der Waals surface area contributed by atoms with Crippen molar-refractivity contribution < 1.29 is 14.3 Å². The van der Waals surface area contributed by atoms with Crippen molar-refractivity contribution in [2.24, 2.45) is 5.84 Å². The quantitative estimate of drug-likeness (QED) is 0.399. The Morgan fingerprint density at radius 3 is 2.89 bits per heavy atom. The minimum absolute atomic E-state index is 0.132. The summed E-state index contributed by atoms with van der Waals surface area (Å²) in [7, 11) is 0. The Balaban J connectivity index is 1.99. The number of furan rings is 1. The molecule has 1 fully saturated rings. The fourth-order valence-corrected chi connectivity index (χ4v) is 2.65. The van der Waals surface area contributed by atoms with Crippen LogP contribution in [0.1, 0.15) is 41.8 Å². The second-order valence-electron chi connectivity index (χ2n) is 4.91. The number of carbonyl (C=O) groups is 1. The van der Waals surface area contributed by atoms with E-state index in [0.29, 0.717) is 24.7 Å². The Hall–Kier alpha value is -1.37. The maximum atomic E-state index is 11.3. The lowest BCUT2D eigenvalue weighted by molar-refractivity contribution is 0.0953. The maximum absolute atomic E-state index is 11.3. The molecule has 1 aliphatic rings. The van der Waals surface area contributed by atoms with Crippen molar-refractivity contribution in [3.63, 3.8) is 0 Å². The van der Waals surface area contributed by atoms with Gasteiger partial charge in [-0.1, -0.05) is 12.8 Å². The van der Waals surface area contributed by atoms with E-state index in [1.165, 1.54) is 19.1 Å². The molecule has 0 saturated heterocycles. The number of aliphatic hydroxyl groups excluding tert-OH is 1. The number of amides is 1. The van der Waals surface area contributed by atoms with Gasteiger partial charge in [0, 0.05) is 12.6 Å². The van der Waals surface area contributed by atoms with Crippen LogP contribution in [0.25, 0.3) is 0 Å². The molecule has 0 radical (unpaired) electrons. The Bertz CT molecular complexity index is 413. The number of nitrogen functional groups attached to an aromatic ring is 1. The predicted molar refractivity (Wildman–Crippen MR) is 70.1 cm³/mol. The number of nitrogens with zero attached hydrogens (tertiary/aromatic N) is 1. The van der Waals surface area contributed by atoms with Crippen molar-refractivity contribution in [1.82, 2.24) is 10.3 Å². The molecule has 0 atom stereocenters. The summed E-state index contributed by atoms with van der Waals surface area (Å²) in [5, 5.41) is 9.15. The maximum Gasteiger partial charge on any atom is 0.268 e. The molecule has 1 aromatic rings. The summed E-state index contributed by atoms with van der Waals surface area (Å²) in [4.78, 5) is 13.6. The zero-order chi connectivity index (χ0) is 13.7. The second-order valence-corrected chi connectivity index (χ2v) is 4.91. The van der Waals surface area contributed by atoms with Gasteiger partial charge in [0.1, 0.15) is 12.0 Å². The highest BCUT2D eigenvalue weighted by molar-refractivity contribution is 5.93. The summed E-state index contributed by atoms with van der Waals surface area (Å²) in [6.07, 6.45) is 6.22. The van der Waals surface area contributed by atoms with Crippen LogP contribution in [0, 0.1) is 0 Å². The third-order valence-corrected chi connectivity index (χ3v) is 3.63. The number of aliphatic hydroxyl groups is 1. The highest BCUT2D eigenvalue weighted by atomic mass is 16.3. The van der Waals surface area contributed by atoms with E-state index < -0.39 is 0 Å². The fourth-order valence-electron chi connectivity index (χ4n) is 2.65. The van der Waals surface area contributed by atoms with Gasteiger partial charge in [-0.25, -0.2) is 5.84 Å². The number of hydrogen-bond acceptors (Lipinski definition) is 5. The van der Waals surface area contributed by atoms with Crippen LogP contribution in [-0.2, 0) is 6.54 Å². The van der Waals surface area contributed by atoms with E-state index in [1.54, 1.807) is 6.07 Å². The molecule has 1 saturated carbocycles. The van der Waals surface area contributed by atoms with Gasteiger partial charge < -0.3 is 9.52 Å². The molecular weight excluding hydrogens is 246 g/mol. The number of nitrogens with two attached hydrogens (primary N) is 1. The van der Waals surface area contributed by atoms with Crippen molar-refractivity contribution >= 4 is 5.91 Å². The van der Waals surface area contributed by atoms with E-state index in [1.807, 2.05) is 0 Å². The topological polar surface area (TPSA) is 91.7 Å². The van der Waals surface area contributed by atoms with Gasteiger partial charge in [0.2, 0.25) is 0 Å². The smallest absolute Gasteiger partial charge is 0.268 e. The van der Waals surface area contributed by atoms with Crippen LogP contribution in [0.4, 0.5) is 0 Å². The van der Waals surface area contributed by atoms with E-state index in [9.17, 15) is 4.79 Å². The number of hydrazine groups is 1. The second kappa shape index (κ2) is 6.70. The summed E-state index contributed by atoms with van der Waals surface area (Å²) in [5.41, 5.74) is 2.50. The molecule has 6 nitrogen and oxygen atoms in total. The Kier molecular flexibility index (Phi) is 4.95. The number of nitrogens with one attached hydrogen (secondary N) is 1. The van der Waals surface area contributed by atoms with E-state index in [4.69, 9.17) is 15.4 Å². The molecule has 1 aromatic heterocycles. The van der Waals surface area contributed by atoms with Crippen molar-refractivity contribution in [2.75, 3.05) is 13.2 Å². The van der Waals surface area contributed by atoms with Crippen LogP contribution in [0.15, 0.2) is 16.7 Å². The first-order valence-electron chi connectivity index (χ1n) is 6.68. The minimum atomic E-state index is -0.357. The van der Waals surface area contributed by atoms with Crippen molar-refractivity contribution in [3.05, 3.63) is 23.7 Å². The van der Waals surface area contributed by atoms with Gasteiger partial charge in [0.15, 0.2) is 0 Å². The summed E-state index contributed by atoms with van der Waals surface area (Å²) in [5.74, 6) is 5.44. The minimum Gasteiger partial charge on any atom is -0.467 e. The van der Waals surface area contributed by atoms with Crippen LogP contribution < -0.4 is 11.3 Å². The summed E-state index contributed by atoms with van der Waals surface area (Å²) >= 11 is 0. The lowest BCUT2D eigenvalue weighted by Crippen LogP contribution is -2.35. The monoisotopic (exact) mass is 267 g/mol. The zero-order valence-electron chi connectivity index (χ0n) is 11.0. The molecule has 19 heavy (non-hydrogen) atoms. The predicted octanol–water partition coefficient (Wildman–Crippen LogP) is 0.620. The molecule has 0 aliphatic heterocycles. The molecule has 4 N–H and O–H groups in total. The van der Waals surface area contributed by atoms with Crippen LogP contribution in [-0.4, -0.2) is 35.1 Å². The number of rotatable bonds is 6. The highest BCUT2D eigenvalue weighted by Crippen LogP contribution is 2.25. The van der Waals surface area contributed by atoms with Gasteiger partial charge in [0.05, 0.1) is 18.7 Å². The fraction of sp³-hybridized carbons (Fsp3) is 0.615. The highest BCUT2D eigenvalue weighted by Gasteiger charge is 2.23. The zero-order valence-corrected chi connectivity index (χ0v) is 11.0. The van der Waals surface area contributed by atoms with Gasteiger partial charge in [0.25, 0.3) is 5.91 Å². The lowest BCUT2D eigenvalue weighted by atomic mass is 10.2. The standard InChI is InChI=1S/C13H21N3O3/c14-15-13(18)10-7-12(19-9-10)8-16(5-6-17)11-3-1-2-4-11/h7,9,11,17H,1-6,8,14H2,(H,15,18). The molecule has 1 heterocycles. The first kappa shape index (κ1) is 14.0. The summed E-state index contributed by atoms with van der Waals surface area (Å²) in [6.45, 7) is 1.38. The molecular formula is C13H21N3O3. The molecule has 1 aliphatic carbocycles. The van der Waals surface area contributed by atoms with Gasteiger partial charge in [-0.2, -0.15) is 0 Å². The Labute approximate surface area is 112 Å². The van der Waals surface area contributed by atoms with E-state index in [0.717, 1.165) is 18.6 Å². The molecule has 0 aromatic carbocycles. The third-order valence-electron chi connectivity index (χ3n) is 3.63. The van der Waals surface area contributed by atoms with Crippen molar-refractivity contribution in [1.29, 1.82) is 0 Å². The normalized spacial score (nSPS) is 16.2. The van der Waals surface area contributed by atoms with Gasteiger partial charge in [-0.15, -0.1) is 0 Å². The number of carbonyl (C=O) groups excluding carboxylic acids is 1. The lowest BCUT2D eigenvalue weighted by Gasteiger charge is -2.26. The molecule has 0 spiro atoms. The van der Waals surface area contributed by atoms with E-state index in [2.05, 4.69) is 10.3 Å². The first-order valence-corrected chi connectivity index (χ1v) is 6.68. The molecule has 0 bridgehead atoms. The Morgan fingerprint density at radius 1 is 1.53 bits per heavy atom. The first-order chi connectivity index (χ1) is 9.24.